The Morgan fingerprint density at radius 3 is 2.68 bits per heavy atom. The number of nitrogens with zero attached hydrogens (tertiary/aromatic N) is 1. The minimum absolute atomic E-state index is 0.0847. The number of carboxylic acid groups (broad SMARTS) is 1. The number of fused-ring (bicyclic) bond motifs is 1. The first-order valence-corrected chi connectivity index (χ1v) is 8.72. The summed E-state index contributed by atoms with van der Waals surface area (Å²) in [6.07, 6.45) is 1.60. The fourth-order valence-corrected chi connectivity index (χ4v) is 3.19. The molecule has 28 heavy (non-hydrogen) atoms. The van der Waals surface area contributed by atoms with Crippen LogP contribution in [0.3, 0.4) is 0 Å². The smallest absolute Gasteiger partial charge is 0.352 e. The molecule has 0 unspecified atom stereocenters. The van der Waals surface area contributed by atoms with Gasteiger partial charge in [0, 0.05) is 28.2 Å². The first kappa shape index (κ1) is 17.6. The number of methoxy groups -OCH3 is 1. The fourth-order valence-electron chi connectivity index (χ4n) is 3.19. The van der Waals surface area contributed by atoms with E-state index in [9.17, 15) is 9.90 Å². The van der Waals surface area contributed by atoms with E-state index in [1.165, 1.54) is 7.11 Å². The normalized spacial score (nSPS) is 10.8. The third-order valence-corrected chi connectivity index (χ3v) is 4.47. The standard InChI is InChI=1S/C22H18N2O4/c1-27-21-16(8-5-11-23-21)19-17-12-15(28-13-14-6-3-2-4-7-14)9-10-18(17)24-20(19)22(25)26/h2-12,24H,13H2,1H3,(H,25,26). The molecule has 0 fully saturated rings. The van der Waals surface area contributed by atoms with Crippen LogP contribution in [0.15, 0.2) is 66.9 Å². The molecule has 0 atom stereocenters. The van der Waals surface area contributed by atoms with E-state index in [2.05, 4.69) is 9.97 Å². The number of benzene rings is 2. The summed E-state index contributed by atoms with van der Waals surface area (Å²) < 4.78 is 11.2. The van der Waals surface area contributed by atoms with E-state index in [1.54, 1.807) is 18.3 Å². The van der Waals surface area contributed by atoms with Crippen molar-refractivity contribution in [1.29, 1.82) is 0 Å². The second-order valence-electron chi connectivity index (χ2n) is 6.22. The van der Waals surface area contributed by atoms with Crippen molar-refractivity contribution in [1.82, 2.24) is 9.97 Å². The van der Waals surface area contributed by atoms with Crippen molar-refractivity contribution in [3.8, 4) is 22.8 Å². The molecule has 2 aromatic heterocycles. The van der Waals surface area contributed by atoms with Gasteiger partial charge < -0.3 is 19.6 Å². The first-order chi connectivity index (χ1) is 13.7. The Morgan fingerprint density at radius 1 is 1.11 bits per heavy atom. The Hall–Kier alpha value is -3.80. The van der Waals surface area contributed by atoms with Crippen molar-refractivity contribution in [2.24, 2.45) is 0 Å². The van der Waals surface area contributed by atoms with Gasteiger partial charge in [-0.25, -0.2) is 9.78 Å². The molecule has 2 heterocycles. The molecule has 0 aliphatic heterocycles. The predicted molar refractivity (Wildman–Crippen MR) is 106 cm³/mol. The number of hydrogen-bond acceptors (Lipinski definition) is 4. The van der Waals surface area contributed by atoms with Gasteiger partial charge in [-0.2, -0.15) is 0 Å². The maximum atomic E-state index is 11.8. The van der Waals surface area contributed by atoms with Gasteiger partial charge in [-0.05, 0) is 35.9 Å². The highest BCUT2D eigenvalue weighted by molar-refractivity contribution is 6.08. The lowest BCUT2D eigenvalue weighted by atomic mass is 10.0. The van der Waals surface area contributed by atoms with Crippen LogP contribution in [0.4, 0.5) is 0 Å². The minimum atomic E-state index is -1.05. The molecule has 0 spiro atoms. The molecular weight excluding hydrogens is 356 g/mol. The van der Waals surface area contributed by atoms with Gasteiger partial charge in [0.05, 0.1) is 7.11 Å². The Labute approximate surface area is 161 Å². The zero-order valence-electron chi connectivity index (χ0n) is 15.2. The van der Waals surface area contributed by atoms with Crippen molar-refractivity contribution >= 4 is 16.9 Å². The third-order valence-electron chi connectivity index (χ3n) is 4.47. The van der Waals surface area contributed by atoms with Gasteiger partial charge >= 0.3 is 5.97 Å². The van der Waals surface area contributed by atoms with Gasteiger partial charge in [-0.3, -0.25) is 0 Å². The number of ether oxygens (including phenoxy) is 2. The lowest BCUT2D eigenvalue weighted by Gasteiger charge is -2.09. The molecule has 2 N–H and O–H groups in total. The van der Waals surface area contributed by atoms with Crippen LogP contribution in [0.25, 0.3) is 22.0 Å². The van der Waals surface area contributed by atoms with Crippen LogP contribution in [0.2, 0.25) is 0 Å². The maximum Gasteiger partial charge on any atom is 0.352 e. The van der Waals surface area contributed by atoms with Crippen molar-refractivity contribution < 1.29 is 19.4 Å². The van der Waals surface area contributed by atoms with E-state index in [1.807, 2.05) is 48.5 Å². The van der Waals surface area contributed by atoms with Crippen LogP contribution in [0, 0.1) is 0 Å². The summed E-state index contributed by atoms with van der Waals surface area (Å²) in [6.45, 7) is 0.425. The minimum Gasteiger partial charge on any atom is -0.489 e. The van der Waals surface area contributed by atoms with Crippen molar-refractivity contribution in [2.45, 2.75) is 6.61 Å². The monoisotopic (exact) mass is 374 g/mol. The Morgan fingerprint density at radius 2 is 1.93 bits per heavy atom. The molecule has 0 saturated carbocycles. The molecule has 0 bridgehead atoms. The van der Waals surface area contributed by atoms with Crippen molar-refractivity contribution in [3.05, 3.63) is 78.1 Å². The van der Waals surface area contributed by atoms with Crippen molar-refractivity contribution in [2.75, 3.05) is 7.11 Å². The van der Waals surface area contributed by atoms with Gasteiger partial charge in [0.15, 0.2) is 0 Å². The molecule has 0 aliphatic carbocycles. The number of aromatic nitrogens is 2. The van der Waals surface area contributed by atoms with Gasteiger partial charge in [0.1, 0.15) is 18.1 Å². The summed E-state index contributed by atoms with van der Waals surface area (Å²) >= 11 is 0. The summed E-state index contributed by atoms with van der Waals surface area (Å²) in [7, 11) is 1.51. The molecular formula is C22H18N2O4. The van der Waals surface area contributed by atoms with E-state index in [4.69, 9.17) is 9.47 Å². The lowest BCUT2D eigenvalue weighted by Crippen LogP contribution is -2.00. The van der Waals surface area contributed by atoms with E-state index in [0.29, 0.717) is 34.9 Å². The first-order valence-electron chi connectivity index (χ1n) is 8.72. The van der Waals surface area contributed by atoms with Gasteiger partial charge in [0.25, 0.3) is 0 Å². The number of carbonyl (C=O) groups is 1. The van der Waals surface area contributed by atoms with Crippen LogP contribution in [0.1, 0.15) is 16.1 Å². The molecule has 140 valence electrons. The number of pyridine rings is 1. The summed E-state index contributed by atoms with van der Waals surface area (Å²) in [4.78, 5) is 19.0. The number of rotatable bonds is 6. The van der Waals surface area contributed by atoms with Gasteiger partial charge in [-0.1, -0.05) is 30.3 Å². The summed E-state index contributed by atoms with van der Waals surface area (Å²) in [5.74, 6) is -0.0400. The molecule has 0 radical (unpaired) electrons. The molecule has 0 saturated heterocycles. The highest BCUT2D eigenvalue weighted by atomic mass is 16.5. The average molecular weight is 374 g/mol. The number of carboxylic acids is 1. The van der Waals surface area contributed by atoms with Crippen LogP contribution < -0.4 is 9.47 Å². The topological polar surface area (TPSA) is 84.4 Å². The molecule has 0 amide bonds. The van der Waals surface area contributed by atoms with E-state index >= 15 is 0 Å². The van der Waals surface area contributed by atoms with E-state index < -0.39 is 5.97 Å². The van der Waals surface area contributed by atoms with Crippen LogP contribution in [-0.2, 0) is 6.61 Å². The van der Waals surface area contributed by atoms with Crippen LogP contribution in [-0.4, -0.2) is 28.2 Å². The molecule has 2 aromatic carbocycles. The van der Waals surface area contributed by atoms with Crippen LogP contribution in [0.5, 0.6) is 11.6 Å². The third kappa shape index (κ3) is 3.27. The van der Waals surface area contributed by atoms with Crippen LogP contribution >= 0.6 is 0 Å². The maximum absolute atomic E-state index is 11.8. The number of aromatic amines is 1. The molecule has 4 aromatic rings. The zero-order chi connectivity index (χ0) is 19.5. The molecule has 0 aliphatic rings. The average Bonchev–Trinajstić information content (AvgIpc) is 3.12. The van der Waals surface area contributed by atoms with E-state index in [0.717, 1.165) is 10.9 Å². The Balaban J connectivity index is 1.80. The number of H-pyrrole nitrogens is 1. The quantitative estimate of drug-likeness (QED) is 0.518. The highest BCUT2D eigenvalue weighted by Gasteiger charge is 2.22. The zero-order valence-corrected chi connectivity index (χ0v) is 15.2. The Kier molecular flexibility index (Phi) is 4.68. The van der Waals surface area contributed by atoms with Gasteiger partial charge in [0.2, 0.25) is 5.88 Å². The largest absolute Gasteiger partial charge is 0.489 e. The second-order valence-corrected chi connectivity index (χ2v) is 6.22. The Bertz CT molecular complexity index is 1140. The van der Waals surface area contributed by atoms with E-state index in [-0.39, 0.29) is 5.69 Å². The molecule has 6 heteroatoms. The lowest BCUT2D eigenvalue weighted by molar-refractivity contribution is 0.0692. The molecule has 4 rings (SSSR count). The SMILES string of the molecule is COc1ncccc1-c1c(C(=O)O)[nH]c2ccc(OCc3ccccc3)cc12. The van der Waals surface area contributed by atoms with Gasteiger partial charge in [-0.15, -0.1) is 0 Å². The number of aromatic carboxylic acids is 1. The summed E-state index contributed by atoms with van der Waals surface area (Å²) in [6, 6.07) is 18.9. The van der Waals surface area contributed by atoms with Crippen molar-refractivity contribution in [3.63, 3.8) is 0 Å². The second kappa shape index (κ2) is 7.44. The fraction of sp³-hybridized carbons (Fsp3) is 0.0909. The number of nitrogens with one attached hydrogen (secondary N) is 1. The predicted octanol–water partition coefficient (Wildman–Crippen LogP) is 4.52. The summed E-state index contributed by atoms with van der Waals surface area (Å²) in [5, 5.41) is 10.4. The number of hydrogen-bond donors (Lipinski definition) is 2. The molecule has 6 nitrogen and oxygen atoms in total. The summed E-state index contributed by atoms with van der Waals surface area (Å²) in [5.41, 5.74) is 2.97. The highest BCUT2D eigenvalue weighted by Crippen LogP contribution is 2.38.